The molecule has 0 aliphatic heterocycles. The second-order valence-electron chi connectivity index (χ2n) is 5.67. The number of hydrogen-bond donors (Lipinski definition) is 1. The summed E-state index contributed by atoms with van der Waals surface area (Å²) in [5, 5.41) is 3.70. The van der Waals surface area contributed by atoms with Crippen molar-refractivity contribution in [2.75, 3.05) is 23.3 Å². The highest BCUT2D eigenvalue weighted by Gasteiger charge is 2.21. The first-order chi connectivity index (χ1) is 10.2. The predicted molar refractivity (Wildman–Crippen MR) is 88.1 cm³/mol. The number of hydrogen-bond acceptors (Lipinski definition) is 5. The number of aromatic nitrogens is 3. The molecule has 0 aromatic carbocycles. The largest absolute Gasteiger partial charge is 0.351 e. The molecule has 1 saturated carbocycles. The van der Waals surface area contributed by atoms with E-state index in [4.69, 9.17) is 11.6 Å². The van der Waals surface area contributed by atoms with Gasteiger partial charge in [-0.25, -0.2) is 0 Å². The highest BCUT2D eigenvalue weighted by atomic mass is 35.5. The fourth-order valence-corrected chi connectivity index (χ4v) is 3.11. The average Bonchev–Trinajstić information content (AvgIpc) is 2.49. The maximum Gasteiger partial charge on any atom is 0.231 e. The minimum Gasteiger partial charge on any atom is -0.351 e. The molecule has 0 unspecified atom stereocenters. The van der Waals surface area contributed by atoms with E-state index in [1.807, 2.05) is 0 Å². The van der Waals surface area contributed by atoms with Crippen molar-refractivity contribution >= 4 is 23.5 Å². The van der Waals surface area contributed by atoms with Gasteiger partial charge in [0.1, 0.15) is 0 Å². The van der Waals surface area contributed by atoms with Crippen LogP contribution in [-0.4, -0.2) is 34.1 Å². The van der Waals surface area contributed by atoms with Crippen LogP contribution in [0.4, 0.5) is 11.9 Å². The van der Waals surface area contributed by atoms with E-state index in [0.29, 0.717) is 17.9 Å². The van der Waals surface area contributed by atoms with E-state index in [-0.39, 0.29) is 5.28 Å². The van der Waals surface area contributed by atoms with E-state index in [9.17, 15) is 0 Å². The van der Waals surface area contributed by atoms with E-state index in [1.54, 1.807) is 0 Å². The summed E-state index contributed by atoms with van der Waals surface area (Å²) in [6.07, 6.45) is 6.23. The Kier molecular flexibility index (Phi) is 6.03. The third-order valence-corrected chi connectivity index (χ3v) is 4.57. The van der Waals surface area contributed by atoms with Gasteiger partial charge < -0.3 is 10.2 Å². The summed E-state index contributed by atoms with van der Waals surface area (Å²) in [6.45, 7) is 8.16. The lowest BCUT2D eigenvalue weighted by molar-refractivity contribution is 0.329. The first-order valence-corrected chi connectivity index (χ1v) is 8.47. The zero-order chi connectivity index (χ0) is 15.2. The summed E-state index contributed by atoms with van der Waals surface area (Å²) in [5.41, 5.74) is 0. The van der Waals surface area contributed by atoms with E-state index in [1.165, 1.54) is 32.1 Å². The van der Waals surface area contributed by atoms with Crippen LogP contribution < -0.4 is 10.2 Å². The van der Waals surface area contributed by atoms with Crippen LogP contribution in [0.3, 0.4) is 0 Å². The second kappa shape index (κ2) is 7.78. The van der Waals surface area contributed by atoms with Crippen LogP contribution in [0.25, 0.3) is 0 Å². The van der Waals surface area contributed by atoms with Gasteiger partial charge in [0.05, 0.1) is 0 Å². The Morgan fingerprint density at radius 1 is 1.05 bits per heavy atom. The fourth-order valence-electron chi connectivity index (χ4n) is 2.95. The van der Waals surface area contributed by atoms with Crippen LogP contribution in [0.15, 0.2) is 0 Å². The molecule has 5 nitrogen and oxygen atoms in total. The Morgan fingerprint density at radius 2 is 1.71 bits per heavy atom. The van der Waals surface area contributed by atoms with Gasteiger partial charge in [-0.15, -0.1) is 0 Å². The highest BCUT2D eigenvalue weighted by molar-refractivity contribution is 6.28. The molecule has 118 valence electrons. The van der Waals surface area contributed by atoms with Crippen LogP contribution in [0.2, 0.25) is 5.28 Å². The molecular formula is C15H26ClN5. The lowest BCUT2D eigenvalue weighted by Crippen LogP contribution is -2.28. The van der Waals surface area contributed by atoms with E-state index >= 15 is 0 Å². The van der Waals surface area contributed by atoms with E-state index in [2.05, 4.69) is 45.9 Å². The van der Waals surface area contributed by atoms with Crippen molar-refractivity contribution in [3.63, 3.8) is 0 Å². The summed E-state index contributed by atoms with van der Waals surface area (Å²) in [4.78, 5) is 15.0. The van der Waals surface area contributed by atoms with Crippen molar-refractivity contribution in [3.05, 3.63) is 5.28 Å². The summed E-state index contributed by atoms with van der Waals surface area (Å²) < 4.78 is 0. The minimum absolute atomic E-state index is 0.261. The minimum atomic E-state index is 0.261. The molecule has 1 fully saturated rings. The standard InChI is InChI=1S/C15H26ClN5/c1-4-11-7-9-12(10-8-11)17-14-18-13(16)19-15(20-14)21(5-2)6-3/h11-12H,4-10H2,1-3H3,(H,17,18,19,20). The van der Waals surface area contributed by atoms with Crippen LogP contribution in [0.1, 0.15) is 52.9 Å². The van der Waals surface area contributed by atoms with Gasteiger partial charge >= 0.3 is 0 Å². The van der Waals surface area contributed by atoms with Gasteiger partial charge in [0, 0.05) is 19.1 Å². The van der Waals surface area contributed by atoms with Gasteiger partial charge in [0.2, 0.25) is 17.2 Å². The SMILES string of the molecule is CCC1CCC(Nc2nc(Cl)nc(N(CC)CC)n2)CC1. The molecule has 0 spiro atoms. The first-order valence-electron chi connectivity index (χ1n) is 8.09. The van der Waals surface area contributed by atoms with Crippen molar-refractivity contribution in [2.45, 2.75) is 58.9 Å². The molecule has 1 aliphatic rings. The van der Waals surface area contributed by atoms with Crippen LogP contribution in [-0.2, 0) is 0 Å². The average molecular weight is 312 g/mol. The third-order valence-electron chi connectivity index (χ3n) is 4.40. The van der Waals surface area contributed by atoms with Crippen molar-refractivity contribution in [1.29, 1.82) is 0 Å². The van der Waals surface area contributed by atoms with Gasteiger partial charge in [0.25, 0.3) is 0 Å². The van der Waals surface area contributed by atoms with Gasteiger partial charge in [-0.3, -0.25) is 0 Å². The van der Waals surface area contributed by atoms with Crippen LogP contribution >= 0.6 is 11.6 Å². The Labute approximate surface area is 132 Å². The van der Waals surface area contributed by atoms with Crippen molar-refractivity contribution in [3.8, 4) is 0 Å². The fraction of sp³-hybridized carbons (Fsp3) is 0.800. The monoisotopic (exact) mass is 311 g/mol. The molecule has 0 atom stereocenters. The van der Waals surface area contributed by atoms with Crippen molar-refractivity contribution in [1.82, 2.24) is 15.0 Å². The van der Waals surface area contributed by atoms with Gasteiger partial charge in [0.15, 0.2) is 0 Å². The summed E-state index contributed by atoms with van der Waals surface area (Å²) in [6, 6.07) is 0.454. The summed E-state index contributed by atoms with van der Waals surface area (Å²) >= 11 is 6.04. The number of anilines is 2. The molecule has 21 heavy (non-hydrogen) atoms. The maximum atomic E-state index is 6.04. The third kappa shape index (κ3) is 4.43. The Hall–Kier alpha value is -1.10. The first kappa shape index (κ1) is 16.3. The summed E-state index contributed by atoms with van der Waals surface area (Å²) in [7, 11) is 0. The Bertz CT molecular complexity index is 442. The summed E-state index contributed by atoms with van der Waals surface area (Å²) in [5.74, 6) is 2.15. The topological polar surface area (TPSA) is 53.9 Å². The van der Waals surface area contributed by atoms with Gasteiger partial charge in [-0.2, -0.15) is 15.0 Å². The lowest BCUT2D eigenvalue weighted by atomic mass is 9.85. The Morgan fingerprint density at radius 3 is 2.29 bits per heavy atom. The smallest absolute Gasteiger partial charge is 0.231 e. The molecule has 1 aromatic heterocycles. The van der Waals surface area contributed by atoms with Crippen molar-refractivity contribution in [2.24, 2.45) is 5.92 Å². The molecule has 2 rings (SSSR count). The molecule has 0 bridgehead atoms. The zero-order valence-corrected chi connectivity index (χ0v) is 14.0. The quantitative estimate of drug-likeness (QED) is 0.867. The zero-order valence-electron chi connectivity index (χ0n) is 13.3. The molecule has 0 radical (unpaired) electrons. The number of nitrogens with one attached hydrogen (secondary N) is 1. The molecule has 0 saturated heterocycles. The molecule has 0 amide bonds. The Balaban J connectivity index is 2.03. The molecule has 1 heterocycles. The van der Waals surface area contributed by atoms with Crippen LogP contribution in [0.5, 0.6) is 0 Å². The van der Waals surface area contributed by atoms with Gasteiger partial charge in [-0.05, 0) is 57.0 Å². The number of rotatable bonds is 6. The second-order valence-corrected chi connectivity index (χ2v) is 6.01. The van der Waals surface area contributed by atoms with Gasteiger partial charge in [-0.1, -0.05) is 13.3 Å². The normalized spacial score (nSPS) is 22.1. The molecular weight excluding hydrogens is 286 g/mol. The van der Waals surface area contributed by atoms with Crippen LogP contribution in [0, 0.1) is 5.92 Å². The molecule has 1 N–H and O–H groups in total. The van der Waals surface area contributed by atoms with E-state index < -0.39 is 0 Å². The molecule has 1 aromatic rings. The number of halogens is 1. The van der Waals surface area contributed by atoms with E-state index in [0.717, 1.165) is 19.0 Å². The number of nitrogens with zero attached hydrogens (tertiary/aromatic N) is 4. The predicted octanol–water partition coefficient (Wildman–Crippen LogP) is 3.75. The highest BCUT2D eigenvalue weighted by Crippen LogP contribution is 2.28. The van der Waals surface area contributed by atoms with Crippen molar-refractivity contribution < 1.29 is 0 Å². The molecule has 6 heteroatoms. The lowest BCUT2D eigenvalue weighted by Gasteiger charge is -2.28. The maximum absolute atomic E-state index is 6.04. The molecule has 1 aliphatic carbocycles.